The maximum atomic E-state index is 4.36. The van der Waals surface area contributed by atoms with Crippen molar-refractivity contribution in [2.75, 3.05) is 0 Å². The zero-order valence-corrected chi connectivity index (χ0v) is 16.1. The SMILES string of the molecule is CCCCCCCCCCCCCCCCc1cnc(C)n1C. The van der Waals surface area contributed by atoms with Crippen molar-refractivity contribution in [3.63, 3.8) is 0 Å². The second-order valence-electron chi connectivity index (χ2n) is 7.20. The average molecular weight is 321 g/mol. The zero-order chi connectivity index (χ0) is 16.8. The van der Waals surface area contributed by atoms with Gasteiger partial charge in [-0.15, -0.1) is 0 Å². The Labute approximate surface area is 145 Å². The molecule has 1 heterocycles. The first-order chi connectivity index (χ1) is 11.3. The summed E-state index contributed by atoms with van der Waals surface area (Å²) in [5, 5.41) is 0. The Morgan fingerprint density at radius 3 is 1.57 bits per heavy atom. The molecule has 0 saturated heterocycles. The lowest BCUT2D eigenvalue weighted by molar-refractivity contribution is 0.534. The van der Waals surface area contributed by atoms with Crippen LogP contribution in [0, 0.1) is 6.92 Å². The number of aryl methyl sites for hydroxylation is 2. The van der Waals surface area contributed by atoms with E-state index in [0.29, 0.717) is 0 Å². The lowest BCUT2D eigenvalue weighted by Crippen LogP contribution is -1.98. The van der Waals surface area contributed by atoms with E-state index < -0.39 is 0 Å². The van der Waals surface area contributed by atoms with Gasteiger partial charge in [-0.05, 0) is 19.8 Å². The number of hydrogen-bond donors (Lipinski definition) is 0. The van der Waals surface area contributed by atoms with Crippen molar-refractivity contribution >= 4 is 0 Å². The first kappa shape index (κ1) is 20.3. The van der Waals surface area contributed by atoms with E-state index in [9.17, 15) is 0 Å². The van der Waals surface area contributed by atoms with E-state index in [1.165, 1.54) is 102 Å². The van der Waals surface area contributed by atoms with Gasteiger partial charge in [0.15, 0.2) is 0 Å². The van der Waals surface area contributed by atoms with Crippen LogP contribution in [0.15, 0.2) is 6.20 Å². The van der Waals surface area contributed by atoms with Gasteiger partial charge in [-0.25, -0.2) is 4.98 Å². The zero-order valence-electron chi connectivity index (χ0n) is 16.1. The van der Waals surface area contributed by atoms with Gasteiger partial charge in [0.05, 0.1) is 0 Å². The van der Waals surface area contributed by atoms with Crippen LogP contribution in [-0.2, 0) is 13.5 Å². The van der Waals surface area contributed by atoms with Crippen LogP contribution >= 0.6 is 0 Å². The van der Waals surface area contributed by atoms with Crippen LogP contribution in [0.5, 0.6) is 0 Å². The summed E-state index contributed by atoms with van der Waals surface area (Å²) in [6, 6.07) is 0. The molecule has 0 aromatic carbocycles. The molecule has 0 atom stereocenters. The third-order valence-electron chi connectivity index (χ3n) is 5.10. The molecular formula is C21H40N2. The number of rotatable bonds is 15. The molecule has 0 spiro atoms. The van der Waals surface area contributed by atoms with Gasteiger partial charge in [0, 0.05) is 18.9 Å². The fraction of sp³-hybridized carbons (Fsp3) is 0.857. The van der Waals surface area contributed by atoms with E-state index in [4.69, 9.17) is 0 Å². The minimum Gasteiger partial charge on any atom is -0.335 e. The van der Waals surface area contributed by atoms with Crippen molar-refractivity contribution < 1.29 is 0 Å². The number of hydrogen-bond acceptors (Lipinski definition) is 1. The summed E-state index contributed by atoms with van der Waals surface area (Å²) in [5.41, 5.74) is 1.39. The predicted octanol–water partition coefficient (Wildman–Crippen LogP) is 6.75. The maximum absolute atomic E-state index is 4.36. The largest absolute Gasteiger partial charge is 0.335 e. The minimum absolute atomic E-state index is 1.13. The van der Waals surface area contributed by atoms with Gasteiger partial charge in [-0.2, -0.15) is 0 Å². The van der Waals surface area contributed by atoms with Crippen molar-refractivity contribution in [1.82, 2.24) is 9.55 Å². The summed E-state index contributed by atoms with van der Waals surface area (Å²) in [6.07, 6.45) is 23.2. The Morgan fingerprint density at radius 2 is 1.17 bits per heavy atom. The van der Waals surface area contributed by atoms with Crippen LogP contribution in [0.4, 0.5) is 0 Å². The Balaban J connectivity index is 1.79. The van der Waals surface area contributed by atoms with Crippen molar-refractivity contribution in [1.29, 1.82) is 0 Å². The topological polar surface area (TPSA) is 17.8 Å². The van der Waals surface area contributed by atoms with Crippen LogP contribution in [0.1, 0.15) is 108 Å². The molecule has 0 aliphatic rings. The normalized spacial score (nSPS) is 11.3. The molecule has 0 radical (unpaired) electrons. The van der Waals surface area contributed by atoms with Gasteiger partial charge < -0.3 is 4.57 Å². The first-order valence-electron chi connectivity index (χ1n) is 10.2. The number of unbranched alkanes of at least 4 members (excludes halogenated alkanes) is 13. The second-order valence-corrected chi connectivity index (χ2v) is 7.20. The predicted molar refractivity (Wildman–Crippen MR) is 102 cm³/mol. The van der Waals surface area contributed by atoms with E-state index in [1.807, 2.05) is 6.20 Å². The van der Waals surface area contributed by atoms with Crippen LogP contribution in [0.25, 0.3) is 0 Å². The third kappa shape index (κ3) is 9.84. The van der Waals surface area contributed by atoms with Crippen molar-refractivity contribution in [2.24, 2.45) is 7.05 Å². The molecule has 2 heteroatoms. The molecule has 23 heavy (non-hydrogen) atoms. The fourth-order valence-electron chi connectivity index (χ4n) is 3.28. The molecule has 1 aromatic heterocycles. The molecule has 1 aromatic rings. The van der Waals surface area contributed by atoms with Crippen LogP contribution in [0.2, 0.25) is 0 Å². The number of aromatic nitrogens is 2. The Morgan fingerprint density at radius 1 is 0.739 bits per heavy atom. The van der Waals surface area contributed by atoms with Crippen LogP contribution < -0.4 is 0 Å². The molecule has 0 unspecified atom stereocenters. The minimum atomic E-state index is 1.13. The van der Waals surface area contributed by atoms with Gasteiger partial charge in [0.25, 0.3) is 0 Å². The Bertz CT molecular complexity index is 381. The molecule has 0 N–H and O–H groups in total. The standard InChI is InChI=1S/C21H40N2/c1-4-5-6-7-8-9-10-11-12-13-14-15-16-17-18-21-19-22-20(2)23(21)3/h19H,4-18H2,1-3H3. The highest BCUT2D eigenvalue weighted by Gasteiger charge is 2.01. The lowest BCUT2D eigenvalue weighted by atomic mass is 10.0. The molecule has 0 aliphatic carbocycles. The summed E-state index contributed by atoms with van der Waals surface area (Å²) in [5.74, 6) is 1.13. The van der Waals surface area contributed by atoms with E-state index >= 15 is 0 Å². The van der Waals surface area contributed by atoms with E-state index in [2.05, 4.69) is 30.4 Å². The van der Waals surface area contributed by atoms with E-state index in [-0.39, 0.29) is 0 Å². The van der Waals surface area contributed by atoms with Crippen LogP contribution in [-0.4, -0.2) is 9.55 Å². The molecule has 1 rings (SSSR count). The van der Waals surface area contributed by atoms with Gasteiger partial charge >= 0.3 is 0 Å². The highest BCUT2D eigenvalue weighted by molar-refractivity contribution is 5.03. The molecule has 0 aliphatic heterocycles. The number of nitrogens with zero attached hydrogens (tertiary/aromatic N) is 2. The number of imidazole rings is 1. The smallest absolute Gasteiger partial charge is 0.105 e. The summed E-state index contributed by atoms with van der Waals surface area (Å²) in [7, 11) is 2.13. The van der Waals surface area contributed by atoms with E-state index in [0.717, 1.165) is 5.82 Å². The molecule has 134 valence electrons. The molecule has 0 saturated carbocycles. The summed E-state index contributed by atoms with van der Waals surface area (Å²) < 4.78 is 2.22. The monoisotopic (exact) mass is 320 g/mol. The summed E-state index contributed by atoms with van der Waals surface area (Å²) >= 11 is 0. The molecule has 0 bridgehead atoms. The van der Waals surface area contributed by atoms with Gasteiger partial charge in [-0.3, -0.25) is 0 Å². The van der Waals surface area contributed by atoms with Crippen LogP contribution in [0.3, 0.4) is 0 Å². The fourth-order valence-corrected chi connectivity index (χ4v) is 3.28. The maximum Gasteiger partial charge on any atom is 0.105 e. The summed E-state index contributed by atoms with van der Waals surface area (Å²) in [4.78, 5) is 4.36. The Hall–Kier alpha value is -0.790. The van der Waals surface area contributed by atoms with Gasteiger partial charge in [0.1, 0.15) is 5.82 Å². The van der Waals surface area contributed by atoms with Crippen molar-refractivity contribution in [3.8, 4) is 0 Å². The first-order valence-corrected chi connectivity index (χ1v) is 10.2. The molecule has 0 amide bonds. The molecule has 0 fully saturated rings. The van der Waals surface area contributed by atoms with Crippen molar-refractivity contribution in [3.05, 3.63) is 17.7 Å². The van der Waals surface area contributed by atoms with Gasteiger partial charge in [-0.1, -0.05) is 90.4 Å². The van der Waals surface area contributed by atoms with E-state index in [1.54, 1.807) is 0 Å². The molecule has 2 nitrogen and oxygen atoms in total. The second kappa shape index (κ2) is 13.6. The quantitative estimate of drug-likeness (QED) is 0.327. The van der Waals surface area contributed by atoms with Gasteiger partial charge in [0.2, 0.25) is 0 Å². The average Bonchev–Trinajstić information content (AvgIpc) is 2.87. The lowest BCUT2D eigenvalue weighted by Gasteiger charge is -2.04. The van der Waals surface area contributed by atoms with Crippen molar-refractivity contribution in [2.45, 2.75) is 110 Å². The summed E-state index contributed by atoms with van der Waals surface area (Å²) in [6.45, 7) is 4.37. The Kier molecular flexibility index (Phi) is 12.0. The molecular weight excluding hydrogens is 280 g/mol. The third-order valence-corrected chi connectivity index (χ3v) is 5.10. The highest BCUT2D eigenvalue weighted by atomic mass is 15.0. The highest BCUT2D eigenvalue weighted by Crippen LogP contribution is 2.14.